The van der Waals surface area contributed by atoms with Crippen molar-refractivity contribution >= 4 is 52.3 Å². The normalized spacial score (nSPS) is 23.6. The first-order valence-corrected chi connectivity index (χ1v) is 13.2. The third-order valence-electron chi connectivity index (χ3n) is 6.95. The molecule has 1 heterocycles. The molecule has 2 fully saturated rings. The zero-order valence-corrected chi connectivity index (χ0v) is 21.3. The number of allylic oxidation sites excluding steroid dienone is 1. The van der Waals surface area contributed by atoms with Gasteiger partial charge in [0.1, 0.15) is 0 Å². The SMILES string of the molecule is COC(=O)CC1CCC(C2CS/C(=C(/N)c3ccc(NC(=O)c4cccc(Cl)c4)cc3)C2=N)CC1. The molecule has 2 aliphatic rings. The molecule has 0 aromatic heterocycles. The van der Waals surface area contributed by atoms with E-state index in [9.17, 15) is 9.59 Å². The summed E-state index contributed by atoms with van der Waals surface area (Å²) < 4.78 is 4.81. The Kier molecular flexibility index (Phi) is 8.19. The first-order chi connectivity index (χ1) is 16.9. The van der Waals surface area contributed by atoms with Crippen LogP contribution in [-0.2, 0) is 9.53 Å². The number of thioether (sulfide) groups is 1. The van der Waals surface area contributed by atoms with E-state index < -0.39 is 0 Å². The van der Waals surface area contributed by atoms with Crippen LogP contribution in [0.5, 0.6) is 0 Å². The molecular weight excluding hydrogens is 482 g/mol. The molecule has 1 saturated heterocycles. The summed E-state index contributed by atoms with van der Waals surface area (Å²) in [7, 11) is 1.44. The molecule has 1 atom stereocenters. The fourth-order valence-corrected chi connectivity index (χ4v) is 6.46. The van der Waals surface area contributed by atoms with E-state index >= 15 is 0 Å². The Labute approximate surface area is 215 Å². The minimum atomic E-state index is -0.233. The summed E-state index contributed by atoms with van der Waals surface area (Å²) in [4.78, 5) is 24.9. The third-order valence-corrected chi connectivity index (χ3v) is 8.44. The second-order valence-corrected chi connectivity index (χ2v) is 10.6. The van der Waals surface area contributed by atoms with Crippen LogP contribution in [0.2, 0.25) is 5.02 Å². The highest BCUT2D eigenvalue weighted by Crippen LogP contribution is 2.44. The van der Waals surface area contributed by atoms with E-state index in [1.54, 1.807) is 36.0 Å². The number of methoxy groups -OCH3 is 1. The quantitative estimate of drug-likeness (QED) is 0.414. The number of amides is 1. The molecule has 0 radical (unpaired) electrons. The van der Waals surface area contributed by atoms with Crippen molar-refractivity contribution in [2.24, 2.45) is 23.5 Å². The van der Waals surface area contributed by atoms with Crippen molar-refractivity contribution in [3.63, 3.8) is 0 Å². The second-order valence-electron chi connectivity index (χ2n) is 9.18. The van der Waals surface area contributed by atoms with Crippen LogP contribution < -0.4 is 11.1 Å². The number of hydrogen-bond acceptors (Lipinski definition) is 6. The van der Waals surface area contributed by atoms with Crippen molar-refractivity contribution in [2.45, 2.75) is 32.1 Å². The number of anilines is 1. The van der Waals surface area contributed by atoms with Gasteiger partial charge in [0.15, 0.2) is 0 Å². The molecule has 1 amide bonds. The summed E-state index contributed by atoms with van der Waals surface area (Å²) in [5.41, 5.74) is 9.71. The van der Waals surface area contributed by atoms with Crippen LogP contribution in [0.1, 0.15) is 48.0 Å². The van der Waals surface area contributed by atoms with E-state index in [2.05, 4.69) is 5.32 Å². The largest absolute Gasteiger partial charge is 0.469 e. The number of nitrogens with one attached hydrogen (secondary N) is 2. The van der Waals surface area contributed by atoms with E-state index in [1.807, 2.05) is 24.3 Å². The van der Waals surface area contributed by atoms with Gasteiger partial charge in [0.2, 0.25) is 0 Å². The average molecular weight is 512 g/mol. The number of ether oxygens (including phenoxy) is 1. The van der Waals surface area contributed by atoms with Crippen molar-refractivity contribution < 1.29 is 14.3 Å². The number of carbonyl (C=O) groups excluding carboxylic acids is 2. The van der Waals surface area contributed by atoms with Gasteiger partial charge in [-0.25, -0.2) is 0 Å². The summed E-state index contributed by atoms with van der Waals surface area (Å²) in [5, 5.41) is 12.2. The van der Waals surface area contributed by atoms with Gasteiger partial charge < -0.3 is 21.2 Å². The minimum absolute atomic E-state index is 0.134. The van der Waals surface area contributed by atoms with Crippen LogP contribution >= 0.6 is 23.4 Å². The van der Waals surface area contributed by atoms with Gasteiger partial charge in [0.05, 0.1) is 23.4 Å². The highest BCUT2D eigenvalue weighted by Gasteiger charge is 2.37. The van der Waals surface area contributed by atoms with Crippen LogP contribution in [0.15, 0.2) is 53.4 Å². The predicted octanol–water partition coefficient (Wildman–Crippen LogP) is 5.97. The Hall–Kier alpha value is -2.77. The summed E-state index contributed by atoms with van der Waals surface area (Å²) >= 11 is 7.63. The Bertz CT molecular complexity index is 1140. The Balaban J connectivity index is 1.37. The standard InChI is InChI=1S/C27H30ClN3O3S/c1-34-23(32)13-16-5-7-17(8-6-16)22-15-35-26(25(22)30)24(29)18-9-11-21(12-10-18)31-27(33)19-3-2-4-20(28)14-19/h2-4,9-12,14,16-17,22,30H,5-8,13,15,29H2,1H3,(H,31,33)/b26-24+,30-25?. The summed E-state index contributed by atoms with van der Waals surface area (Å²) in [6.07, 6.45) is 4.57. The number of nitrogens with two attached hydrogens (primary N) is 1. The first kappa shape index (κ1) is 25.3. The Morgan fingerprint density at radius 2 is 1.83 bits per heavy atom. The van der Waals surface area contributed by atoms with Crippen molar-refractivity contribution in [1.82, 2.24) is 0 Å². The van der Waals surface area contributed by atoms with Gasteiger partial charge in [0, 0.05) is 34.4 Å². The van der Waals surface area contributed by atoms with Gasteiger partial charge >= 0.3 is 5.97 Å². The van der Waals surface area contributed by atoms with E-state index in [0.717, 1.165) is 41.9 Å². The Morgan fingerprint density at radius 3 is 2.49 bits per heavy atom. The number of rotatable bonds is 6. The lowest BCUT2D eigenvalue weighted by atomic mass is 9.74. The van der Waals surface area contributed by atoms with Gasteiger partial charge in [-0.2, -0.15) is 0 Å². The lowest BCUT2D eigenvalue weighted by Crippen LogP contribution is -2.27. The van der Waals surface area contributed by atoms with Gasteiger partial charge in [-0.3, -0.25) is 9.59 Å². The zero-order valence-electron chi connectivity index (χ0n) is 19.7. The molecule has 1 unspecified atom stereocenters. The van der Waals surface area contributed by atoms with Crippen LogP contribution in [-0.4, -0.2) is 30.5 Å². The van der Waals surface area contributed by atoms with Crippen LogP contribution in [0.4, 0.5) is 5.69 Å². The molecule has 0 spiro atoms. The maximum Gasteiger partial charge on any atom is 0.305 e. The topological polar surface area (TPSA) is 105 Å². The van der Waals surface area contributed by atoms with E-state index in [1.165, 1.54) is 7.11 Å². The molecule has 4 rings (SSSR count). The van der Waals surface area contributed by atoms with Crippen LogP contribution in [0, 0.1) is 23.2 Å². The summed E-state index contributed by atoms with van der Waals surface area (Å²) in [5.74, 6) is 1.55. The predicted molar refractivity (Wildman–Crippen MR) is 143 cm³/mol. The van der Waals surface area contributed by atoms with Gasteiger partial charge in [-0.05, 0) is 73.4 Å². The molecule has 2 aromatic carbocycles. The molecule has 1 saturated carbocycles. The van der Waals surface area contributed by atoms with Crippen molar-refractivity contribution in [3.8, 4) is 0 Å². The van der Waals surface area contributed by atoms with E-state index in [4.69, 9.17) is 27.5 Å². The lowest BCUT2D eigenvalue weighted by molar-refractivity contribution is -0.142. The molecule has 8 heteroatoms. The zero-order chi connectivity index (χ0) is 24.9. The smallest absolute Gasteiger partial charge is 0.305 e. The van der Waals surface area contributed by atoms with Gasteiger partial charge in [-0.15, -0.1) is 11.8 Å². The number of carbonyl (C=O) groups is 2. The van der Waals surface area contributed by atoms with Crippen molar-refractivity contribution in [2.75, 3.05) is 18.2 Å². The molecule has 0 bridgehead atoms. The van der Waals surface area contributed by atoms with Gasteiger partial charge in [-0.1, -0.05) is 29.8 Å². The van der Waals surface area contributed by atoms with Gasteiger partial charge in [0.25, 0.3) is 5.91 Å². The van der Waals surface area contributed by atoms with Crippen LogP contribution in [0.25, 0.3) is 5.70 Å². The average Bonchev–Trinajstić information content (AvgIpc) is 3.25. The first-order valence-electron chi connectivity index (χ1n) is 11.8. The highest BCUT2D eigenvalue weighted by molar-refractivity contribution is 8.04. The van der Waals surface area contributed by atoms with Crippen LogP contribution in [0.3, 0.4) is 0 Å². The molecule has 1 aliphatic heterocycles. The summed E-state index contributed by atoms with van der Waals surface area (Å²) in [6, 6.07) is 14.2. The molecule has 184 valence electrons. The van der Waals surface area contributed by atoms with Crippen molar-refractivity contribution in [3.05, 3.63) is 69.6 Å². The molecule has 2 aromatic rings. The monoisotopic (exact) mass is 511 g/mol. The fraction of sp³-hybridized carbons (Fsp3) is 0.370. The number of benzene rings is 2. The minimum Gasteiger partial charge on any atom is -0.469 e. The molecule has 6 nitrogen and oxygen atoms in total. The Morgan fingerprint density at radius 1 is 1.11 bits per heavy atom. The number of halogens is 1. The highest BCUT2D eigenvalue weighted by atomic mass is 35.5. The molecule has 4 N–H and O–H groups in total. The number of esters is 1. The van der Waals surface area contributed by atoms with E-state index in [-0.39, 0.29) is 17.8 Å². The fourth-order valence-electron chi connectivity index (χ4n) is 4.91. The summed E-state index contributed by atoms with van der Waals surface area (Å²) in [6.45, 7) is 0. The number of hydrogen-bond donors (Lipinski definition) is 3. The molecule has 35 heavy (non-hydrogen) atoms. The molecular formula is C27H30ClN3O3S. The second kappa shape index (κ2) is 11.3. The third kappa shape index (κ3) is 6.08. The molecule has 1 aliphatic carbocycles. The maximum absolute atomic E-state index is 12.5. The van der Waals surface area contributed by atoms with E-state index in [0.29, 0.717) is 45.9 Å². The maximum atomic E-state index is 12.5. The lowest BCUT2D eigenvalue weighted by Gasteiger charge is -2.31. The van der Waals surface area contributed by atoms with Crippen molar-refractivity contribution in [1.29, 1.82) is 5.41 Å².